The number of hydrogen-bond acceptors (Lipinski definition) is 6. The highest BCUT2D eigenvalue weighted by Crippen LogP contribution is 2.33. The van der Waals surface area contributed by atoms with Crippen molar-refractivity contribution in [3.05, 3.63) is 65.5 Å². The van der Waals surface area contributed by atoms with Crippen LogP contribution in [0, 0.1) is 17.2 Å². The standard InChI is InChI=1S/C27H25F3N6O/c1-37-21-7-3-6-19(14-21)26-35-25-23(36(26)16-18-8-10-20(11-9-18)27(28,29)30)24(33-22(15-31)34-25)32-13-12-17-4-2-5-17/h3,6-11,14,17H,2,4-5,12-13,16H2,1H3,(H,32,33,34). The third-order valence-corrected chi connectivity index (χ3v) is 6.72. The molecule has 1 aliphatic carbocycles. The summed E-state index contributed by atoms with van der Waals surface area (Å²) in [4.78, 5) is 13.5. The van der Waals surface area contributed by atoms with Crippen molar-refractivity contribution in [1.82, 2.24) is 19.5 Å². The zero-order valence-corrected chi connectivity index (χ0v) is 20.2. The Labute approximate surface area is 212 Å². The van der Waals surface area contributed by atoms with Crippen LogP contribution in [0.4, 0.5) is 19.0 Å². The molecule has 37 heavy (non-hydrogen) atoms. The zero-order chi connectivity index (χ0) is 26.0. The Morgan fingerprint density at radius 2 is 1.89 bits per heavy atom. The maximum absolute atomic E-state index is 13.1. The number of alkyl halides is 3. The molecule has 0 bridgehead atoms. The molecule has 2 aromatic carbocycles. The van der Waals surface area contributed by atoms with E-state index in [0.29, 0.717) is 46.6 Å². The number of aromatic nitrogens is 4. The number of imidazole rings is 1. The highest BCUT2D eigenvalue weighted by molar-refractivity contribution is 5.87. The predicted molar refractivity (Wildman–Crippen MR) is 133 cm³/mol. The zero-order valence-electron chi connectivity index (χ0n) is 20.2. The fourth-order valence-electron chi connectivity index (χ4n) is 4.50. The number of hydrogen-bond donors (Lipinski definition) is 1. The van der Waals surface area contributed by atoms with Crippen LogP contribution >= 0.6 is 0 Å². The molecule has 0 radical (unpaired) electrons. The molecule has 0 saturated heterocycles. The molecular weight excluding hydrogens is 481 g/mol. The Kier molecular flexibility index (Phi) is 6.70. The first-order chi connectivity index (χ1) is 17.9. The molecule has 1 fully saturated rings. The molecule has 0 amide bonds. The molecule has 0 unspecified atom stereocenters. The molecular formula is C27H25F3N6O. The van der Waals surface area contributed by atoms with Crippen LogP contribution in [0.15, 0.2) is 48.5 Å². The number of anilines is 1. The van der Waals surface area contributed by atoms with Gasteiger partial charge in [0.25, 0.3) is 0 Å². The smallest absolute Gasteiger partial charge is 0.416 e. The van der Waals surface area contributed by atoms with E-state index in [0.717, 1.165) is 24.1 Å². The quantitative estimate of drug-likeness (QED) is 0.313. The van der Waals surface area contributed by atoms with E-state index in [1.807, 2.05) is 34.9 Å². The topological polar surface area (TPSA) is 88.7 Å². The lowest BCUT2D eigenvalue weighted by molar-refractivity contribution is -0.137. The molecule has 2 aromatic heterocycles. The van der Waals surface area contributed by atoms with Crippen LogP contribution in [0.3, 0.4) is 0 Å². The average molecular weight is 507 g/mol. The SMILES string of the molecule is COc1cccc(-c2nc3nc(C#N)nc(NCCC4CCC4)c3n2Cc2ccc(C(F)(F)F)cc2)c1. The number of fused-ring (bicyclic) bond motifs is 1. The summed E-state index contributed by atoms with van der Waals surface area (Å²) in [6.45, 7) is 0.912. The maximum Gasteiger partial charge on any atom is 0.416 e. The first-order valence-electron chi connectivity index (χ1n) is 12.1. The molecule has 0 atom stereocenters. The Morgan fingerprint density at radius 1 is 1.11 bits per heavy atom. The largest absolute Gasteiger partial charge is 0.497 e. The van der Waals surface area contributed by atoms with Gasteiger partial charge in [-0.25, -0.2) is 4.98 Å². The summed E-state index contributed by atoms with van der Waals surface area (Å²) in [5, 5.41) is 12.9. The highest BCUT2D eigenvalue weighted by atomic mass is 19.4. The van der Waals surface area contributed by atoms with Crippen molar-refractivity contribution in [2.75, 3.05) is 19.0 Å². The second-order valence-electron chi connectivity index (χ2n) is 9.14. The van der Waals surface area contributed by atoms with Crippen LogP contribution in [0.1, 0.15) is 42.6 Å². The van der Waals surface area contributed by atoms with E-state index in [1.165, 1.54) is 31.4 Å². The van der Waals surface area contributed by atoms with Crippen molar-refractivity contribution >= 4 is 17.0 Å². The van der Waals surface area contributed by atoms with Gasteiger partial charge in [-0.1, -0.05) is 43.5 Å². The van der Waals surface area contributed by atoms with Gasteiger partial charge in [0.15, 0.2) is 11.5 Å². The fraction of sp³-hybridized carbons (Fsp3) is 0.333. The van der Waals surface area contributed by atoms with Gasteiger partial charge in [-0.15, -0.1) is 0 Å². The number of benzene rings is 2. The summed E-state index contributed by atoms with van der Waals surface area (Å²) in [6, 6.07) is 14.4. The minimum atomic E-state index is -4.41. The summed E-state index contributed by atoms with van der Waals surface area (Å²) >= 11 is 0. The van der Waals surface area contributed by atoms with Gasteiger partial charge in [-0.05, 0) is 42.2 Å². The second-order valence-corrected chi connectivity index (χ2v) is 9.14. The van der Waals surface area contributed by atoms with E-state index in [1.54, 1.807) is 7.11 Å². The van der Waals surface area contributed by atoms with Crippen LogP contribution in [-0.2, 0) is 12.7 Å². The van der Waals surface area contributed by atoms with Crippen LogP contribution in [-0.4, -0.2) is 33.2 Å². The number of nitrogens with one attached hydrogen (secondary N) is 1. The first-order valence-corrected chi connectivity index (χ1v) is 12.1. The lowest BCUT2D eigenvalue weighted by Gasteiger charge is -2.25. The molecule has 5 rings (SSSR count). The van der Waals surface area contributed by atoms with Crippen molar-refractivity contribution < 1.29 is 17.9 Å². The van der Waals surface area contributed by atoms with E-state index in [4.69, 9.17) is 9.72 Å². The van der Waals surface area contributed by atoms with Gasteiger partial charge in [0, 0.05) is 18.7 Å². The van der Waals surface area contributed by atoms with E-state index in [-0.39, 0.29) is 12.4 Å². The van der Waals surface area contributed by atoms with Gasteiger partial charge in [0.1, 0.15) is 23.2 Å². The minimum absolute atomic E-state index is 0.00461. The number of rotatable bonds is 8. The van der Waals surface area contributed by atoms with Gasteiger partial charge >= 0.3 is 6.18 Å². The van der Waals surface area contributed by atoms with Crippen LogP contribution in [0.25, 0.3) is 22.6 Å². The lowest BCUT2D eigenvalue weighted by atomic mass is 9.83. The maximum atomic E-state index is 13.1. The van der Waals surface area contributed by atoms with Crippen molar-refractivity contribution in [3.8, 4) is 23.2 Å². The highest BCUT2D eigenvalue weighted by Gasteiger charge is 2.30. The van der Waals surface area contributed by atoms with Crippen LogP contribution in [0.5, 0.6) is 5.75 Å². The molecule has 1 N–H and O–H groups in total. The third-order valence-electron chi connectivity index (χ3n) is 6.72. The van der Waals surface area contributed by atoms with Gasteiger partial charge in [-0.2, -0.15) is 28.4 Å². The number of nitriles is 1. The summed E-state index contributed by atoms with van der Waals surface area (Å²) in [5.74, 6) is 2.34. The molecule has 190 valence electrons. The van der Waals surface area contributed by atoms with Crippen molar-refractivity contribution in [2.45, 2.75) is 38.4 Å². The van der Waals surface area contributed by atoms with E-state index >= 15 is 0 Å². The molecule has 4 aromatic rings. The summed E-state index contributed by atoms with van der Waals surface area (Å²) < 4.78 is 46.6. The summed E-state index contributed by atoms with van der Waals surface area (Å²) in [7, 11) is 1.57. The first kappa shape index (κ1) is 24.6. The molecule has 1 aliphatic rings. The number of halogens is 3. The van der Waals surface area contributed by atoms with Gasteiger partial charge in [0.05, 0.1) is 12.7 Å². The Bertz CT molecular complexity index is 1450. The lowest BCUT2D eigenvalue weighted by Crippen LogP contribution is -2.17. The van der Waals surface area contributed by atoms with Gasteiger partial charge < -0.3 is 14.6 Å². The molecule has 0 aliphatic heterocycles. The predicted octanol–water partition coefficient (Wildman–Crippen LogP) is 6.04. The number of ether oxygens (including phenoxy) is 1. The molecule has 0 spiro atoms. The van der Waals surface area contributed by atoms with Crippen molar-refractivity contribution in [3.63, 3.8) is 0 Å². The normalized spacial score (nSPS) is 13.8. The molecule has 2 heterocycles. The molecule has 7 nitrogen and oxygen atoms in total. The second kappa shape index (κ2) is 10.1. The van der Waals surface area contributed by atoms with Crippen LogP contribution < -0.4 is 10.1 Å². The fourth-order valence-corrected chi connectivity index (χ4v) is 4.50. The Balaban J connectivity index is 1.61. The van der Waals surface area contributed by atoms with Gasteiger partial charge in [-0.3, -0.25) is 0 Å². The van der Waals surface area contributed by atoms with E-state index in [2.05, 4.69) is 15.3 Å². The Hall–Kier alpha value is -4.13. The van der Waals surface area contributed by atoms with Crippen molar-refractivity contribution in [1.29, 1.82) is 5.26 Å². The van der Waals surface area contributed by atoms with E-state index in [9.17, 15) is 18.4 Å². The summed E-state index contributed by atoms with van der Waals surface area (Å²) in [5.41, 5.74) is 1.61. The van der Waals surface area contributed by atoms with Crippen LogP contribution in [0.2, 0.25) is 0 Å². The molecule has 1 saturated carbocycles. The number of nitrogens with zero attached hydrogens (tertiary/aromatic N) is 5. The minimum Gasteiger partial charge on any atom is -0.497 e. The van der Waals surface area contributed by atoms with Crippen molar-refractivity contribution in [2.24, 2.45) is 5.92 Å². The van der Waals surface area contributed by atoms with E-state index < -0.39 is 11.7 Å². The Morgan fingerprint density at radius 3 is 2.54 bits per heavy atom. The van der Waals surface area contributed by atoms with Gasteiger partial charge in [0.2, 0.25) is 5.82 Å². The average Bonchev–Trinajstić information content (AvgIpc) is 3.23. The summed E-state index contributed by atoms with van der Waals surface area (Å²) in [6.07, 6.45) is 0.269. The number of methoxy groups -OCH3 is 1. The monoisotopic (exact) mass is 506 g/mol. The molecule has 10 heteroatoms. The third kappa shape index (κ3) is 5.21.